The molecule has 0 aromatic heterocycles. The minimum atomic E-state index is 0.0229. The van der Waals surface area contributed by atoms with Crippen LogP contribution in [0.3, 0.4) is 0 Å². The van der Waals surface area contributed by atoms with Crippen molar-refractivity contribution in [3.63, 3.8) is 0 Å². The lowest BCUT2D eigenvalue weighted by Gasteiger charge is -2.29. The Morgan fingerprint density at radius 2 is 2.00 bits per heavy atom. The first-order valence-electron chi connectivity index (χ1n) is 5.70. The van der Waals surface area contributed by atoms with Crippen LogP contribution < -0.4 is 5.73 Å². The zero-order valence-corrected chi connectivity index (χ0v) is 10.6. The summed E-state index contributed by atoms with van der Waals surface area (Å²) < 4.78 is 0. The van der Waals surface area contributed by atoms with Crippen molar-refractivity contribution in [1.82, 2.24) is 4.90 Å². The molecule has 5 nitrogen and oxygen atoms in total. The molecular weight excluding hydrogens is 206 g/mol. The van der Waals surface area contributed by atoms with Crippen LogP contribution in [0.25, 0.3) is 0 Å². The monoisotopic (exact) mass is 229 g/mol. The fourth-order valence-corrected chi connectivity index (χ4v) is 1.37. The van der Waals surface area contributed by atoms with E-state index in [0.29, 0.717) is 13.0 Å². The predicted octanol–water partition coefficient (Wildman–Crippen LogP) is 1.41. The van der Waals surface area contributed by atoms with Crippen molar-refractivity contribution < 1.29 is 10.0 Å². The number of hydrogen-bond acceptors (Lipinski definition) is 3. The number of amides is 1. The van der Waals surface area contributed by atoms with Gasteiger partial charge in [-0.3, -0.25) is 4.79 Å². The Kier molecular flexibility index (Phi) is 6.53. The Morgan fingerprint density at radius 1 is 1.44 bits per heavy atom. The van der Waals surface area contributed by atoms with E-state index < -0.39 is 0 Å². The van der Waals surface area contributed by atoms with Gasteiger partial charge in [0.1, 0.15) is 5.84 Å². The van der Waals surface area contributed by atoms with Crippen LogP contribution in [0.4, 0.5) is 0 Å². The molecule has 0 heterocycles. The minimum absolute atomic E-state index is 0.0229. The summed E-state index contributed by atoms with van der Waals surface area (Å²) in [6.45, 7) is 8.33. The zero-order chi connectivity index (χ0) is 12.7. The Hall–Kier alpha value is -1.26. The number of rotatable bonds is 6. The predicted molar refractivity (Wildman–Crippen MR) is 64.3 cm³/mol. The quantitative estimate of drug-likeness (QED) is 0.313. The highest BCUT2D eigenvalue weighted by atomic mass is 16.4. The number of amidine groups is 1. The van der Waals surface area contributed by atoms with Crippen LogP contribution in [0.15, 0.2) is 5.16 Å². The standard InChI is InChI=1S/C11H23N3O2/c1-5-9(4)11(15)14(8(2)3)7-6-10(12)13-16/h8-9,16H,5-7H2,1-4H3,(H2,12,13). The van der Waals surface area contributed by atoms with E-state index in [1.54, 1.807) is 4.90 Å². The molecule has 0 spiro atoms. The molecule has 0 aliphatic heterocycles. The second kappa shape index (κ2) is 7.09. The van der Waals surface area contributed by atoms with Gasteiger partial charge < -0.3 is 15.8 Å². The van der Waals surface area contributed by atoms with E-state index in [9.17, 15) is 4.79 Å². The maximum Gasteiger partial charge on any atom is 0.225 e. The molecule has 16 heavy (non-hydrogen) atoms. The molecule has 1 amide bonds. The van der Waals surface area contributed by atoms with Gasteiger partial charge in [-0.15, -0.1) is 0 Å². The van der Waals surface area contributed by atoms with Gasteiger partial charge in [-0.2, -0.15) is 0 Å². The van der Waals surface area contributed by atoms with Crippen molar-refractivity contribution in [2.24, 2.45) is 16.8 Å². The van der Waals surface area contributed by atoms with Crippen molar-refractivity contribution in [3.8, 4) is 0 Å². The molecule has 0 aromatic carbocycles. The Morgan fingerprint density at radius 3 is 2.38 bits per heavy atom. The average Bonchev–Trinajstić information content (AvgIpc) is 2.26. The molecule has 0 rings (SSSR count). The molecule has 5 heteroatoms. The first-order valence-corrected chi connectivity index (χ1v) is 5.70. The molecule has 0 saturated heterocycles. The van der Waals surface area contributed by atoms with Crippen LogP contribution in [-0.2, 0) is 4.79 Å². The van der Waals surface area contributed by atoms with E-state index in [0.717, 1.165) is 6.42 Å². The van der Waals surface area contributed by atoms with Crippen LogP contribution in [-0.4, -0.2) is 34.4 Å². The Bertz CT molecular complexity index is 252. The summed E-state index contributed by atoms with van der Waals surface area (Å²) in [5.74, 6) is 0.306. The van der Waals surface area contributed by atoms with Gasteiger partial charge in [0.05, 0.1) is 0 Å². The summed E-state index contributed by atoms with van der Waals surface area (Å²) in [5.41, 5.74) is 5.39. The van der Waals surface area contributed by atoms with Crippen molar-refractivity contribution in [1.29, 1.82) is 0 Å². The smallest absolute Gasteiger partial charge is 0.225 e. The molecule has 3 N–H and O–H groups in total. The first-order chi connectivity index (χ1) is 7.43. The SMILES string of the molecule is CCC(C)C(=O)N(CCC(N)=NO)C(C)C. The number of carbonyl (C=O) groups excluding carboxylic acids is 1. The van der Waals surface area contributed by atoms with Gasteiger partial charge in [-0.25, -0.2) is 0 Å². The summed E-state index contributed by atoms with van der Waals surface area (Å²) >= 11 is 0. The van der Waals surface area contributed by atoms with E-state index in [-0.39, 0.29) is 23.7 Å². The van der Waals surface area contributed by atoms with E-state index in [1.165, 1.54) is 0 Å². The maximum atomic E-state index is 12.0. The summed E-state index contributed by atoms with van der Waals surface area (Å²) in [6, 6.07) is 0.132. The highest BCUT2D eigenvalue weighted by Gasteiger charge is 2.21. The average molecular weight is 229 g/mol. The van der Waals surface area contributed by atoms with Gasteiger partial charge in [0, 0.05) is 24.9 Å². The van der Waals surface area contributed by atoms with Gasteiger partial charge in [0.15, 0.2) is 0 Å². The van der Waals surface area contributed by atoms with Crippen molar-refractivity contribution in [3.05, 3.63) is 0 Å². The molecular formula is C11H23N3O2. The fourth-order valence-electron chi connectivity index (χ4n) is 1.37. The topological polar surface area (TPSA) is 78.9 Å². The highest BCUT2D eigenvalue weighted by Crippen LogP contribution is 2.10. The van der Waals surface area contributed by atoms with Gasteiger partial charge in [0.2, 0.25) is 5.91 Å². The van der Waals surface area contributed by atoms with Crippen molar-refractivity contribution in [2.75, 3.05) is 6.54 Å². The second-order valence-corrected chi connectivity index (χ2v) is 4.28. The maximum absolute atomic E-state index is 12.0. The third-order valence-corrected chi connectivity index (χ3v) is 2.68. The number of carbonyl (C=O) groups is 1. The van der Waals surface area contributed by atoms with Crippen molar-refractivity contribution in [2.45, 2.75) is 46.6 Å². The van der Waals surface area contributed by atoms with Gasteiger partial charge in [0.25, 0.3) is 0 Å². The van der Waals surface area contributed by atoms with E-state index >= 15 is 0 Å². The summed E-state index contributed by atoms with van der Waals surface area (Å²) in [5, 5.41) is 11.3. The lowest BCUT2D eigenvalue weighted by Crippen LogP contribution is -2.41. The first kappa shape index (κ1) is 14.7. The molecule has 1 unspecified atom stereocenters. The lowest BCUT2D eigenvalue weighted by atomic mass is 10.1. The Labute approximate surface area is 97.3 Å². The molecule has 0 bridgehead atoms. The largest absolute Gasteiger partial charge is 0.409 e. The van der Waals surface area contributed by atoms with Gasteiger partial charge in [-0.05, 0) is 20.3 Å². The number of oxime groups is 1. The van der Waals surface area contributed by atoms with Crippen LogP contribution in [0.1, 0.15) is 40.5 Å². The molecule has 0 radical (unpaired) electrons. The molecule has 94 valence electrons. The highest BCUT2D eigenvalue weighted by molar-refractivity contribution is 5.82. The van der Waals surface area contributed by atoms with Crippen molar-refractivity contribution >= 4 is 11.7 Å². The summed E-state index contributed by atoms with van der Waals surface area (Å²) in [6.07, 6.45) is 1.22. The van der Waals surface area contributed by atoms with Gasteiger partial charge in [-0.1, -0.05) is 19.0 Å². The van der Waals surface area contributed by atoms with Gasteiger partial charge >= 0.3 is 0 Å². The van der Waals surface area contributed by atoms with Crippen LogP contribution in [0, 0.1) is 5.92 Å². The number of nitrogens with zero attached hydrogens (tertiary/aromatic N) is 2. The molecule has 1 atom stereocenters. The lowest BCUT2D eigenvalue weighted by molar-refractivity contribution is -0.136. The molecule has 0 fully saturated rings. The van der Waals surface area contributed by atoms with E-state index in [4.69, 9.17) is 10.9 Å². The summed E-state index contributed by atoms with van der Waals surface area (Å²) in [7, 11) is 0. The normalized spacial score (nSPS) is 13.9. The van der Waals surface area contributed by atoms with Crippen LogP contribution in [0.2, 0.25) is 0 Å². The minimum Gasteiger partial charge on any atom is -0.409 e. The van der Waals surface area contributed by atoms with Crippen LogP contribution >= 0.6 is 0 Å². The molecule has 0 aliphatic carbocycles. The number of nitrogens with two attached hydrogens (primary N) is 1. The van der Waals surface area contributed by atoms with E-state index in [2.05, 4.69) is 5.16 Å². The van der Waals surface area contributed by atoms with E-state index in [1.807, 2.05) is 27.7 Å². The van der Waals surface area contributed by atoms with Crippen LogP contribution in [0.5, 0.6) is 0 Å². The summed E-state index contributed by atoms with van der Waals surface area (Å²) in [4.78, 5) is 13.8. The Balaban J connectivity index is 4.44. The molecule has 0 aromatic rings. The third-order valence-electron chi connectivity index (χ3n) is 2.68. The second-order valence-electron chi connectivity index (χ2n) is 4.28. The molecule has 0 saturated carbocycles. The molecule has 0 aliphatic rings. The third kappa shape index (κ3) is 4.51. The fraction of sp³-hybridized carbons (Fsp3) is 0.818. The zero-order valence-electron chi connectivity index (χ0n) is 10.6. The number of hydrogen-bond donors (Lipinski definition) is 2.